The third-order valence-corrected chi connectivity index (χ3v) is 7.63. The first-order chi connectivity index (χ1) is 21.0. The molecule has 0 bridgehead atoms. The number of morpholine rings is 1. The summed E-state index contributed by atoms with van der Waals surface area (Å²) in [5.74, 6) is 3.39. The van der Waals surface area contributed by atoms with Crippen molar-refractivity contribution in [2.45, 2.75) is 6.54 Å². The summed E-state index contributed by atoms with van der Waals surface area (Å²) >= 11 is 6.51. The number of carbonyl (C=O) groups excluding carboxylic acids is 1. The number of rotatable bonds is 8. The number of nitrogens with zero attached hydrogens (tertiary/aromatic N) is 6. The molecule has 0 saturated carbocycles. The standard InChI is InChI=1S/C29H33ClN8O5/c1-40-23-15-19(30)22(16-24(23)41-2)43-27-17-25(31-18-26-32-20-5-3-4-6-21(20)33-26)34-28(35-27)36-7-9-37(10-8-36)29(39)38-11-13-42-14-12-38/h3-6,15-17H,7-14,18H2,1-2H3,(H,32,33)(H,31,34,35). The molecule has 0 unspecified atom stereocenters. The summed E-state index contributed by atoms with van der Waals surface area (Å²) in [5.41, 5.74) is 1.85. The smallest absolute Gasteiger partial charge is 0.320 e. The lowest BCUT2D eigenvalue weighted by molar-refractivity contribution is 0.0428. The quantitative estimate of drug-likeness (QED) is 0.303. The van der Waals surface area contributed by atoms with Crippen LogP contribution in [-0.4, -0.2) is 102 Å². The second kappa shape index (κ2) is 12.8. The van der Waals surface area contributed by atoms with Crippen molar-refractivity contribution in [1.29, 1.82) is 0 Å². The topological polar surface area (TPSA) is 130 Å². The molecule has 0 aliphatic carbocycles. The predicted molar refractivity (Wildman–Crippen MR) is 162 cm³/mol. The molecule has 4 heterocycles. The normalized spacial score (nSPS) is 15.5. The van der Waals surface area contributed by atoms with Gasteiger partial charge in [0.2, 0.25) is 11.8 Å². The molecule has 0 atom stereocenters. The summed E-state index contributed by atoms with van der Waals surface area (Å²) < 4.78 is 22.3. The van der Waals surface area contributed by atoms with Gasteiger partial charge in [-0.25, -0.2) is 9.78 Å². The van der Waals surface area contributed by atoms with Crippen LogP contribution in [0.15, 0.2) is 42.5 Å². The fourth-order valence-corrected chi connectivity index (χ4v) is 5.23. The Labute approximate surface area is 253 Å². The molecular weight excluding hydrogens is 576 g/mol. The molecule has 0 spiro atoms. The number of hydrogen-bond donors (Lipinski definition) is 2. The fourth-order valence-electron chi connectivity index (χ4n) is 5.04. The predicted octanol–water partition coefficient (Wildman–Crippen LogP) is 4.00. The van der Waals surface area contributed by atoms with Gasteiger partial charge < -0.3 is 43.9 Å². The number of urea groups is 1. The molecule has 2 N–H and O–H groups in total. The summed E-state index contributed by atoms with van der Waals surface area (Å²) in [6.45, 7) is 5.01. The Hall–Kier alpha value is -4.49. The minimum Gasteiger partial charge on any atom is -0.493 e. The first-order valence-electron chi connectivity index (χ1n) is 14.0. The van der Waals surface area contributed by atoms with Crippen LogP contribution in [0.5, 0.6) is 23.1 Å². The van der Waals surface area contributed by atoms with Gasteiger partial charge in [-0.2, -0.15) is 9.97 Å². The van der Waals surface area contributed by atoms with E-state index in [1.165, 1.54) is 0 Å². The van der Waals surface area contributed by atoms with Crippen LogP contribution < -0.4 is 24.4 Å². The van der Waals surface area contributed by atoms with Crippen molar-refractivity contribution in [1.82, 2.24) is 29.7 Å². The molecule has 13 nitrogen and oxygen atoms in total. The Morgan fingerprint density at radius 2 is 1.65 bits per heavy atom. The van der Waals surface area contributed by atoms with E-state index in [9.17, 15) is 4.79 Å². The summed E-state index contributed by atoms with van der Waals surface area (Å²) in [6, 6.07) is 12.9. The number of fused-ring (bicyclic) bond motifs is 1. The number of imidazole rings is 1. The molecule has 2 fully saturated rings. The average molecular weight is 609 g/mol. The second-order valence-electron chi connectivity index (χ2n) is 10.0. The molecule has 2 aliphatic rings. The van der Waals surface area contributed by atoms with Gasteiger partial charge in [0, 0.05) is 57.5 Å². The van der Waals surface area contributed by atoms with E-state index in [0.29, 0.717) is 93.1 Å². The zero-order valence-electron chi connectivity index (χ0n) is 24.0. The van der Waals surface area contributed by atoms with E-state index >= 15 is 0 Å². The molecule has 0 radical (unpaired) electrons. The van der Waals surface area contributed by atoms with Crippen molar-refractivity contribution in [3.05, 3.63) is 53.3 Å². The SMILES string of the molecule is COc1cc(Cl)c(Oc2cc(NCc3nc4ccccc4[nH]3)nc(N3CCN(C(=O)N4CCOCC4)CC3)n2)cc1OC. The number of piperazine rings is 1. The van der Waals surface area contributed by atoms with Crippen LogP contribution >= 0.6 is 11.6 Å². The maximum atomic E-state index is 13.0. The average Bonchev–Trinajstić information content (AvgIpc) is 3.48. The van der Waals surface area contributed by atoms with E-state index in [1.54, 1.807) is 32.4 Å². The van der Waals surface area contributed by atoms with Crippen LogP contribution in [0.2, 0.25) is 5.02 Å². The van der Waals surface area contributed by atoms with Crippen LogP contribution in [0.1, 0.15) is 5.82 Å². The lowest BCUT2D eigenvalue weighted by atomic mass is 10.3. The van der Waals surface area contributed by atoms with E-state index in [1.807, 2.05) is 39.0 Å². The number of ether oxygens (including phenoxy) is 4. The highest BCUT2D eigenvalue weighted by Gasteiger charge is 2.28. The molecule has 43 heavy (non-hydrogen) atoms. The van der Waals surface area contributed by atoms with Gasteiger partial charge in [0.15, 0.2) is 17.2 Å². The van der Waals surface area contributed by atoms with E-state index in [0.717, 1.165) is 16.9 Å². The largest absolute Gasteiger partial charge is 0.493 e. The number of amides is 2. The Balaban J connectivity index is 1.23. The lowest BCUT2D eigenvalue weighted by Crippen LogP contribution is -2.55. The van der Waals surface area contributed by atoms with Gasteiger partial charge in [-0.15, -0.1) is 0 Å². The van der Waals surface area contributed by atoms with Crippen molar-refractivity contribution in [3.8, 4) is 23.1 Å². The molecule has 4 aromatic rings. The van der Waals surface area contributed by atoms with E-state index < -0.39 is 0 Å². The zero-order chi connectivity index (χ0) is 29.8. The Morgan fingerprint density at radius 1 is 0.930 bits per heavy atom. The van der Waals surface area contributed by atoms with Crippen LogP contribution in [-0.2, 0) is 11.3 Å². The molecule has 2 saturated heterocycles. The highest BCUT2D eigenvalue weighted by molar-refractivity contribution is 6.32. The van der Waals surface area contributed by atoms with Crippen molar-refractivity contribution in [2.24, 2.45) is 0 Å². The van der Waals surface area contributed by atoms with Gasteiger partial charge in [-0.3, -0.25) is 0 Å². The number of hydrogen-bond acceptors (Lipinski definition) is 10. The number of nitrogens with one attached hydrogen (secondary N) is 2. The summed E-state index contributed by atoms with van der Waals surface area (Å²) in [4.78, 5) is 36.2. The Kier molecular flexibility index (Phi) is 8.52. The van der Waals surface area contributed by atoms with Crippen molar-refractivity contribution >= 4 is 40.4 Å². The third kappa shape index (κ3) is 6.47. The molecule has 6 rings (SSSR count). The third-order valence-electron chi connectivity index (χ3n) is 7.33. The minimum atomic E-state index is 0.0391. The highest BCUT2D eigenvalue weighted by Crippen LogP contribution is 2.39. The zero-order valence-corrected chi connectivity index (χ0v) is 24.8. The first-order valence-corrected chi connectivity index (χ1v) is 14.4. The van der Waals surface area contributed by atoms with E-state index in [4.69, 9.17) is 40.5 Å². The van der Waals surface area contributed by atoms with Crippen LogP contribution in [0.4, 0.5) is 16.6 Å². The van der Waals surface area contributed by atoms with E-state index in [2.05, 4.69) is 15.3 Å². The molecule has 2 amide bonds. The molecule has 226 valence electrons. The molecule has 2 aromatic carbocycles. The van der Waals surface area contributed by atoms with Crippen LogP contribution in [0, 0.1) is 0 Å². The van der Waals surface area contributed by atoms with Gasteiger partial charge >= 0.3 is 6.03 Å². The number of anilines is 2. The maximum absolute atomic E-state index is 13.0. The highest BCUT2D eigenvalue weighted by atomic mass is 35.5. The monoisotopic (exact) mass is 608 g/mol. The molecular formula is C29H33ClN8O5. The first kappa shape index (κ1) is 28.6. The number of methoxy groups -OCH3 is 2. The summed E-state index contributed by atoms with van der Waals surface area (Å²) in [6.07, 6.45) is 0. The van der Waals surface area contributed by atoms with Gasteiger partial charge in [0.25, 0.3) is 0 Å². The van der Waals surface area contributed by atoms with Crippen LogP contribution in [0.3, 0.4) is 0 Å². The molecule has 14 heteroatoms. The van der Waals surface area contributed by atoms with Gasteiger partial charge in [0.1, 0.15) is 11.6 Å². The van der Waals surface area contributed by atoms with Gasteiger partial charge in [-0.05, 0) is 12.1 Å². The lowest BCUT2D eigenvalue weighted by Gasteiger charge is -2.38. The Bertz CT molecular complexity index is 1550. The number of carbonyl (C=O) groups is 1. The number of para-hydroxylation sites is 2. The second-order valence-corrected chi connectivity index (χ2v) is 10.4. The van der Waals surface area contributed by atoms with Crippen molar-refractivity contribution < 1.29 is 23.7 Å². The minimum absolute atomic E-state index is 0.0391. The number of halogens is 1. The summed E-state index contributed by atoms with van der Waals surface area (Å²) in [5, 5.41) is 3.68. The molecule has 2 aromatic heterocycles. The Morgan fingerprint density at radius 3 is 2.40 bits per heavy atom. The number of aromatic amines is 1. The number of H-pyrrole nitrogens is 1. The fraction of sp³-hybridized carbons (Fsp3) is 0.379. The summed E-state index contributed by atoms with van der Waals surface area (Å²) in [7, 11) is 3.08. The van der Waals surface area contributed by atoms with E-state index in [-0.39, 0.29) is 11.9 Å². The molecule has 2 aliphatic heterocycles. The number of aromatic nitrogens is 4. The maximum Gasteiger partial charge on any atom is 0.320 e. The van der Waals surface area contributed by atoms with Gasteiger partial charge in [-0.1, -0.05) is 23.7 Å². The van der Waals surface area contributed by atoms with Gasteiger partial charge in [0.05, 0.1) is 50.0 Å². The van der Waals surface area contributed by atoms with Crippen molar-refractivity contribution in [3.63, 3.8) is 0 Å². The van der Waals surface area contributed by atoms with Crippen molar-refractivity contribution in [2.75, 3.05) is 76.9 Å². The van der Waals surface area contributed by atoms with Crippen LogP contribution in [0.25, 0.3) is 11.0 Å². The number of benzene rings is 2.